The molecule has 0 saturated heterocycles. The number of nitrogens with zero attached hydrogens (tertiary/aromatic N) is 2. The maximum absolute atomic E-state index is 13.3. The van der Waals surface area contributed by atoms with E-state index in [0.29, 0.717) is 12.1 Å². The Balaban J connectivity index is 0.00000338. The molecule has 1 unspecified atom stereocenters. The maximum atomic E-state index is 13.3. The fraction of sp³-hybridized carbons (Fsp3) is 0.350. The second-order valence-electron chi connectivity index (χ2n) is 6.28. The van der Waals surface area contributed by atoms with Crippen molar-refractivity contribution in [1.82, 2.24) is 15.5 Å². The Kier molecular flexibility index (Phi) is 9.58. The van der Waals surface area contributed by atoms with Gasteiger partial charge in [0, 0.05) is 20.1 Å². The summed E-state index contributed by atoms with van der Waals surface area (Å²) in [5.41, 5.74) is 2.93. The first-order valence-corrected chi connectivity index (χ1v) is 8.42. The van der Waals surface area contributed by atoms with E-state index in [0.717, 1.165) is 18.1 Å². The maximum Gasteiger partial charge on any atom is 0.191 e. The van der Waals surface area contributed by atoms with Gasteiger partial charge >= 0.3 is 0 Å². The number of guanidine groups is 1. The van der Waals surface area contributed by atoms with Crippen molar-refractivity contribution in [1.29, 1.82) is 0 Å². The average Bonchev–Trinajstić information content (AvgIpc) is 2.61. The third-order valence-electron chi connectivity index (χ3n) is 4.18. The quantitative estimate of drug-likeness (QED) is 0.384. The molecule has 0 aliphatic carbocycles. The van der Waals surface area contributed by atoms with Gasteiger partial charge in [0.2, 0.25) is 0 Å². The predicted octanol–water partition coefficient (Wildman–Crippen LogP) is 3.72. The van der Waals surface area contributed by atoms with Crippen LogP contribution in [0.1, 0.15) is 22.7 Å². The average molecular weight is 470 g/mol. The number of nitrogens with one attached hydrogen (secondary N) is 2. The minimum atomic E-state index is -0.178. The Morgan fingerprint density at radius 3 is 2.38 bits per heavy atom. The van der Waals surface area contributed by atoms with E-state index in [1.54, 1.807) is 20.0 Å². The molecular weight excluding hydrogens is 442 g/mol. The molecule has 0 aliphatic rings. The number of benzene rings is 2. The standard InChI is InChI=1S/C20H27FN4.HI/c1-15-12-16(10-11-18(15)21)13-23-20(22-2)24-14-19(25(3)4)17-8-6-5-7-9-17;/h5-12,19H,13-14H2,1-4H3,(H2,22,23,24);1H. The Morgan fingerprint density at radius 1 is 1.12 bits per heavy atom. The molecule has 0 spiro atoms. The van der Waals surface area contributed by atoms with E-state index in [-0.39, 0.29) is 35.8 Å². The molecule has 26 heavy (non-hydrogen) atoms. The predicted molar refractivity (Wildman–Crippen MR) is 118 cm³/mol. The van der Waals surface area contributed by atoms with Crippen LogP contribution in [0.25, 0.3) is 0 Å². The van der Waals surface area contributed by atoms with Crippen molar-refractivity contribution in [2.24, 2.45) is 4.99 Å². The Morgan fingerprint density at radius 2 is 1.81 bits per heavy atom. The molecule has 4 nitrogen and oxygen atoms in total. The molecule has 2 aromatic carbocycles. The van der Waals surface area contributed by atoms with Crippen LogP contribution in [0.15, 0.2) is 53.5 Å². The fourth-order valence-corrected chi connectivity index (χ4v) is 2.69. The van der Waals surface area contributed by atoms with Crippen molar-refractivity contribution >= 4 is 29.9 Å². The van der Waals surface area contributed by atoms with Crippen molar-refractivity contribution in [3.8, 4) is 0 Å². The molecule has 0 aliphatic heterocycles. The highest BCUT2D eigenvalue weighted by atomic mass is 127. The third-order valence-corrected chi connectivity index (χ3v) is 4.18. The van der Waals surface area contributed by atoms with Crippen LogP contribution < -0.4 is 10.6 Å². The van der Waals surface area contributed by atoms with Crippen molar-refractivity contribution in [3.63, 3.8) is 0 Å². The van der Waals surface area contributed by atoms with Crippen molar-refractivity contribution in [3.05, 3.63) is 71.0 Å². The van der Waals surface area contributed by atoms with Crippen LogP contribution in [0.2, 0.25) is 0 Å². The number of aliphatic imine (C=N–C) groups is 1. The largest absolute Gasteiger partial charge is 0.354 e. The summed E-state index contributed by atoms with van der Waals surface area (Å²) in [5.74, 6) is 0.549. The summed E-state index contributed by atoms with van der Waals surface area (Å²) >= 11 is 0. The molecule has 1 atom stereocenters. The zero-order valence-corrected chi connectivity index (χ0v) is 18.1. The highest BCUT2D eigenvalue weighted by molar-refractivity contribution is 14.0. The van der Waals surface area contributed by atoms with Gasteiger partial charge in [-0.25, -0.2) is 4.39 Å². The highest BCUT2D eigenvalue weighted by Crippen LogP contribution is 2.16. The minimum Gasteiger partial charge on any atom is -0.354 e. The molecule has 6 heteroatoms. The van der Waals surface area contributed by atoms with Crippen LogP contribution >= 0.6 is 24.0 Å². The summed E-state index contributed by atoms with van der Waals surface area (Å²) in [6.07, 6.45) is 0. The van der Waals surface area contributed by atoms with Crippen molar-refractivity contribution in [2.75, 3.05) is 27.7 Å². The molecular formula is C20H28FIN4. The molecule has 0 saturated carbocycles. The van der Waals surface area contributed by atoms with E-state index >= 15 is 0 Å². The summed E-state index contributed by atoms with van der Waals surface area (Å²) in [7, 11) is 5.88. The van der Waals surface area contributed by atoms with Gasteiger partial charge in [-0.3, -0.25) is 4.99 Å². The summed E-state index contributed by atoms with van der Waals surface area (Å²) in [5, 5.41) is 6.64. The van der Waals surface area contributed by atoms with E-state index in [1.165, 1.54) is 11.6 Å². The molecule has 0 radical (unpaired) electrons. The van der Waals surface area contributed by atoms with E-state index in [2.05, 4.69) is 58.9 Å². The fourth-order valence-electron chi connectivity index (χ4n) is 2.69. The normalized spacial score (nSPS) is 12.5. The lowest BCUT2D eigenvalue weighted by Crippen LogP contribution is -2.41. The zero-order valence-electron chi connectivity index (χ0n) is 15.8. The van der Waals surface area contributed by atoms with Crippen LogP contribution in [0.3, 0.4) is 0 Å². The SMILES string of the molecule is CN=C(NCc1ccc(F)c(C)c1)NCC(c1ccccc1)N(C)C.I. The number of aryl methyl sites for hydroxylation is 1. The van der Waals surface area contributed by atoms with E-state index in [9.17, 15) is 4.39 Å². The minimum absolute atomic E-state index is 0. The second-order valence-corrected chi connectivity index (χ2v) is 6.28. The van der Waals surface area contributed by atoms with Crippen molar-refractivity contribution < 1.29 is 4.39 Å². The molecule has 142 valence electrons. The van der Waals surface area contributed by atoms with E-state index < -0.39 is 0 Å². The van der Waals surface area contributed by atoms with Crippen LogP contribution in [0.4, 0.5) is 4.39 Å². The van der Waals surface area contributed by atoms with E-state index in [1.807, 2.05) is 12.1 Å². The number of hydrogen-bond acceptors (Lipinski definition) is 2. The number of hydrogen-bond donors (Lipinski definition) is 2. The topological polar surface area (TPSA) is 39.7 Å². The number of rotatable bonds is 6. The van der Waals surface area contributed by atoms with Gasteiger partial charge in [-0.15, -0.1) is 24.0 Å². The van der Waals surface area contributed by atoms with Gasteiger partial charge in [0.1, 0.15) is 5.82 Å². The van der Waals surface area contributed by atoms with E-state index in [4.69, 9.17) is 0 Å². The summed E-state index contributed by atoms with van der Waals surface area (Å²) in [6, 6.07) is 15.8. The van der Waals surface area contributed by atoms with Gasteiger partial charge in [-0.05, 0) is 43.8 Å². The molecule has 0 amide bonds. The number of likely N-dealkylation sites (N-methyl/N-ethyl adjacent to an activating group) is 1. The van der Waals surface area contributed by atoms with Crippen molar-refractivity contribution in [2.45, 2.75) is 19.5 Å². The van der Waals surface area contributed by atoms with Gasteiger partial charge in [0.25, 0.3) is 0 Å². The van der Waals surface area contributed by atoms with Crippen LogP contribution in [0, 0.1) is 12.7 Å². The zero-order chi connectivity index (χ0) is 18.2. The Labute approximate surface area is 172 Å². The monoisotopic (exact) mass is 470 g/mol. The van der Waals surface area contributed by atoms with Gasteiger partial charge in [0.05, 0.1) is 6.04 Å². The van der Waals surface area contributed by atoms with Crippen LogP contribution in [-0.2, 0) is 6.54 Å². The number of halogens is 2. The molecule has 0 bridgehead atoms. The van der Waals surface area contributed by atoms with Gasteiger partial charge in [-0.1, -0.05) is 42.5 Å². The van der Waals surface area contributed by atoms with Crippen LogP contribution in [0.5, 0.6) is 0 Å². The molecule has 2 aromatic rings. The third kappa shape index (κ3) is 6.57. The van der Waals surface area contributed by atoms with Crippen LogP contribution in [-0.4, -0.2) is 38.5 Å². The molecule has 0 heterocycles. The van der Waals surface area contributed by atoms with Gasteiger partial charge in [0.15, 0.2) is 5.96 Å². The first-order chi connectivity index (χ1) is 12.0. The summed E-state index contributed by atoms with van der Waals surface area (Å²) in [4.78, 5) is 6.45. The molecule has 0 fully saturated rings. The lowest BCUT2D eigenvalue weighted by atomic mass is 10.1. The first kappa shape index (κ1) is 22.4. The summed E-state index contributed by atoms with van der Waals surface area (Å²) < 4.78 is 13.3. The Hall–Kier alpha value is -1.67. The second kappa shape index (κ2) is 11.1. The highest BCUT2D eigenvalue weighted by Gasteiger charge is 2.14. The summed E-state index contributed by atoms with van der Waals surface area (Å²) in [6.45, 7) is 3.10. The molecule has 2 N–H and O–H groups in total. The molecule has 2 rings (SSSR count). The van der Waals surface area contributed by atoms with Gasteiger partial charge < -0.3 is 15.5 Å². The van der Waals surface area contributed by atoms with Gasteiger partial charge in [-0.2, -0.15) is 0 Å². The first-order valence-electron chi connectivity index (χ1n) is 8.42. The lowest BCUT2D eigenvalue weighted by molar-refractivity contribution is 0.298. The lowest BCUT2D eigenvalue weighted by Gasteiger charge is -2.26. The smallest absolute Gasteiger partial charge is 0.191 e. The Bertz CT molecular complexity index is 704. The molecule has 0 aromatic heterocycles.